The van der Waals surface area contributed by atoms with Crippen LogP contribution in [0.5, 0.6) is 0 Å². The lowest BCUT2D eigenvalue weighted by Crippen LogP contribution is -1.81. The van der Waals surface area contributed by atoms with Crippen molar-refractivity contribution < 1.29 is 4.39 Å². The standard InChI is InChI=1S/C13H10FN3/c1-8-6-11-12(16-17-13(11)15-7-8)9-2-4-10(14)5-3-9/h2-7H,1H3,(H,15,16,17). The van der Waals surface area contributed by atoms with Crippen LogP contribution in [0, 0.1) is 12.7 Å². The minimum atomic E-state index is -0.244. The summed E-state index contributed by atoms with van der Waals surface area (Å²) in [5, 5.41) is 8.03. The summed E-state index contributed by atoms with van der Waals surface area (Å²) in [4.78, 5) is 4.23. The van der Waals surface area contributed by atoms with Gasteiger partial charge < -0.3 is 0 Å². The zero-order valence-corrected chi connectivity index (χ0v) is 9.24. The first-order valence-corrected chi connectivity index (χ1v) is 5.31. The molecule has 2 heterocycles. The Labute approximate surface area is 97.3 Å². The summed E-state index contributed by atoms with van der Waals surface area (Å²) in [6.07, 6.45) is 1.78. The Morgan fingerprint density at radius 3 is 2.71 bits per heavy atom. The topological polar surface area (TPSA) is 41.6 Å². The van der Waals surface area contributed by atoms with E-state index in [4.69, 9.17) is 0 Å². The summed E-state index contributed by atoms with van der Waals surface area (Å²) in [6, 6.07) is 8.34. The van der Waals surface area contributed by atoms with Crippen molar-refractivity contribution in [2.24, 2.45) is 0 Å². The van der Waals surface area contributed by atoms with Crippen LogP contribution in [0.3, 0.4) is 0 Å². The number of H-pyrrole nitrogens is 1. The molecule has 0 aliphatic carbocycles. The van der Waals surface area contributed by atoms with Crippen LogP contribution in [0.15, 0.2) is 36.5 Å². The van der Waals surface area contributed by atoms with Gasteiger partial charge in [-0.2, -0.15) is 5.10 Å². The summed E-state index contributed by atoms with van der Waals surface area (Å²) in [5.41, 5.74) is 3.52. The molecule has 1 N–H and O–H groups in total. The molecule has 2 aromatic heterocycles. The van der Waals surface area contributed by atoms with Gasteiger partial charge in [0.25, 0.3) is 0 Å². The lowest BCUT2D eigenvalue weighted by Gasteiger charge is -1.99. The van der Waals surface area contributed by atoms with E-state index >= 15 is 0 Å². The van der Waals surface area contributed by atoms with Gasteiger partial charge in [0.1, 0.15) is 5.82 Å². The zero-order valence-electron chi connectivity index (χ0n) is 9.24. The van der Waals surface area contributed by atoms with Crippen molar-refractivity contribution in [3.8, 4) is 11.3 Å². The second-order valence-electron chi connectivity index (χ2n) is 3.99. The highest BCUT2D eigenvalue weighted by Crippen LogP contribution is 2.25. The number of pyridine rings is 1. The molecule has 17 heavy (non-hydrogen) atoms. The molecule has 4 heteroatoms. The second kappa shape index (κ2) is 3.66. The van der Waals surface area contributed by atoms with Gasteiger partial charge in [-0.1, -0.05) is 0 Å². The molecule has 0 saturated heterocycles. The number of aryl methyl sites for hydroxylation is 1. The van der Waals surface area contributed by atoms with Gasteiger partial charge in [0, 0.05) is 17.1 Å². The zero-order chi connectivity index (χ0) is 11.8. The molecule has 0 spiro atoms. The third-order valence-corrected chi connectivity index (χ3v) is 2.68. The SMILES string of the molecule is Cc1cnc2n[nH]c(-c3ccc(F)cc3)c2c1. The molecule has 0 radical (unpaired) electrons. The largest absolute Gasteiger partial charge is 0.275 e. The molecule has 0 saturated carbocycles. The van der Waals surface area contributed by atoms with Gasteiger partial charge in [-0.15, -0.1) is 0 Å². The molecule has 3 rings (SSSR count). The lowest BCUT2D eigenvalue weighted by atomic mass is 10.1. The molecule has 1 aromatic carbocycles. The van der Waals surface area contributed by atoms with Crippen LogP contribution >= 0.6 is 0 Å². The van der Waals surface area contributed by atoms with Crippen molar-refractivity contribution in [1.29, 1.82) is 0 Å². The van der Waals surface area contributed by atoms with E-state index in [2.05, 4.69) is 15.2 Å². The highest BCUT2D eigenvalue weighted by molar-refractivity contribution is 5.90. The summed E-state index contributed by atoms with van der Waals surface area (Å²) in [6.45, 7) is 1.98. The van der Waals surface area contributed by atoms with E-state index in [9.17, 15) is 4.39 Å². The van der Waals surface area contributed by atoms with Crippen molar-refractivity contribution >= 4 is 11.0 Å². The Morgan fingerprint density at radius 2 is 1.94 bits per heavy atom. The predicted molar refractivity (Wildman–Crippen MR) is 64.0 cm³/mol. The Bertz CT molecular complexity index is 671. The maximum absolute atomic E-state index is 12.9. The highest BCUT2D eigenvalue weighted by atomic mass is 19.1. The predicted octanol–water partition coefficient (Wildman–Crippen LogP) is 3.07. The minimum Gasteiger partial charge on any atom is -0.275 e. The Kier molecular flexibility index (Phi) is 2.14. The third-order valence-electron chi connectivity index (χ3n) is 2.68. The summed E-state index contributed by atoms with van der Waals surface area (Å²) in [5.74, 6) is -0.244. The fourth-order valence-electron chi connectivity index (χ4n) is 1.84. The van der Waals surface area contributed by atoms with Crippen LogP contribution in [0.2, 0.25) is 0 Å². The molecule has 0 unspecified atom stereocenters. The number of halogens is 1. The number of aromatic nitrogens is 3. The lowest BCUT2D eigenvalue weighted by molar-refractivity contribution is 0.628. The van der Waals surface area contributed by atoms with Crippen molar-refractivity contribution in [2.75, 3.05) is 0 Å². The van der Waals surface area contributed by atoms with Gasteiger partial charge in [0.2, 0.25) is 0 Å². The van der Waals surface area contributed by atoms with Crippen LogP contribution < -0.4 is 0 Å². The van der Waals surface area contributed by atoms with Gasteiger partial charge in [0.05, 0.1) is 5.69 Å². The fraction of sp³-hybridized carbons (Fsp3) is 0.0769. The fourth-order valence-corrected chi connectivity index (χ4v) is 1.84. The van der Waals surface area contributed by atoms with Crippen molar-refractivity contribution in [1.82, 2.24) is 15.2 Å². The maximum atomic E-state index is 12.9. The van der Waals surface area contributed by atoms with E-state index in [1.54, 1.807) is 18.3 Å². The van der Waals surface area contributed by atoms with Crippen molar-refractivity contribution in [2.45, 2.75) is 6.92 Å². The molecule has 0 aliphatic heterocycles. The molecular weight excluding hydrogens is 217 g/mol. The van der Waals surface area contributed by atoms with Crippen LogP contribution in [0.1, 0.15) is 5.56 Å². The van der Waals surface area contributed by atoms with Gasteiger partial charge in [-0.25, -0.2) is 9.37 Å². The van der Waals surface area contributed by atoms with E-state index in [-0.39, 0.29) is 5.82 Å². The van der Waals surface area contributed by atoms with Crippen molar-refractivity contribution in [3.63, 3.8) is 0 Å². The molecule has 0 atom stereocenters. The molecule has 0 bridgehead atoms. The molecule has 0 amide bonds. The minimum absolute atomic E-state index is 0.244. The van der Waals surface area contributed by atoms with E-state index < -0.39 is 0 Å². The smallest absolute Gasteiger partial charge is 0.181 e. The van der Waals surface area contributed by atoms with E-state index in [1.165, 1.54) is 12.1 Å². The van der Waals surface area contributed by atoms with Gasteiger partial charge in [0.15, 0.2) is 5.65 Å². The molecular formula is C13H10FN3. The number of fused-ring (bicyclic) bond motifs is 1. The number of hydrogen-bond acceptors (Lipinski definition) is 2. The van der Waals surface area contributed by atoms with Gasteiger partial charge >= 0.3 is 0 Å². The third kappa shape index (κ3) is 1.67. The quantitative estimate of drug-likeness (QED) is 0.694. The number of hydrogen-bond donors (Lipinski definition) is 1. The molecule has 84 valence electrons. The van der Waals surface area contributed by atoms with Crippen molar-refractivity contribution in [3.05, 3.63) is 47.9 Å². The molecule has 3 aromatic rings. The summed E-state index contributed by atoms with van der Waals surface area (Å²) in [7, 11) is 0. The van der Waals surface area contributed by atoms with E-state index in [0.29, 0.717) is 5.65 Å². The number of nitrogens with zero attached hydrogens (tertiary/aromatic N) is 2. The monoisotopic (exact) mass is 227 g/mol. The van der Waals surface area contributed by atoms with Crippen LogP contribution in [-0.4, -0.2) is 15.2 Å². The summed E-state index contributed by atoms with van der Waals surface area (Å²) >= 11 is 0. The van der Waals surface area contributed by atoms with Gasteiger partial charge in [-0.3, -0.25) is 5.10 Å². The first kappa shape index (κ1) is 9.96. The normalized spacial score (nSPS) is 10.9. The second-order valence-corrected chi connectivity index (χ2v) is 3.99. The average molecular weight is 227 g/mol. The number of aromatic amines is 1. The molecule has 0 fully saturated rings. The summed E-state index contributed by atoms with van der Waals surface area (Å²) < 4.78 is 12.9. The van der Waals surface area contributed by atoms with Gasteiger partial charge in [-0.05, 0) is 42.8 Å². The van der Waals surface area contributed by atoms with Crippen LogP contribution in [0.4, 0.5) is 4.39 Å². The number of benzene rings is 1. The van der Waals surface area contributed by atoms with E-state index in [0.717, 1.165) is 22.2 Å². The molecule has 0 aliphatic rings. The number of nitrogens with one attached hydrogen (secondary N) is 1. The number of rotatable bonds is 1. The Balaban J connectivity index is 2.23. The van der Waals surface area contributed by atoms with Crippen LogP contribution in [0.25, 0.3) is 22.3 Å². The van der Waals surface area contributed by atoms with E-state index in [1.807, 2.05) is 13.0 Å². The Hall–Kier alpha value is -2.23. The maximum Gasteiger partial charge on any atom is 0.181 e. The first-order chi connectivity index (χ1) is 8.24. The highest BCUT2D eigenvalue weighted by Gasteiger charge is 2.08. The first-order valence-electron chi connectivity index (χ1n) is 5.31. The van der Waals surface area contributed by atoms with Crippen LogP contribution in [-0.2, 0) is 0 Å². The average Bonchev–Trinajstić information content (AvgIpc) is 2.73. The molecule has 3 nitrogen and oxygen atoms in total. The Morgan fingerprint density at radius 1 is 1.18 bits per heavy atom.